The van der Waals surface area contributed by atoms with Crippen LogP contribution in [0, 0.1) is 6.92 Å². The maximum absolute atomic E-state index is 13.0. The highest BCUT2D eigenvalue weighted by atomic mass is 32.1. The van der Waals surface area contributed by atoms with Gasteiger partial charge in [-0.15, -0.1) is 11.3 Å². The summed E-state index contributed by atoms with van der Waals surface area (Å²) in [7, 11) is 0. The highest BCUT2D eigenvalue weighted by Gasteiger charge is 2.38. The normalized spacial score (nSPS) is 19.8. The predicted octanol–water partition coefficient (Wildman–Crippen LogP) is 4.95. The Labute approximate surface area is 219 Å². The van der Waals surface area contributed by atoms with Crippen LogP contribution in [0.25, 0.3) is 10.4 Å². The van der Waals surface area contributed by atoms with E-state index < -0.39 is 17.5 Å². The summed E-state index contributed by atoms with van der Waals surface area (Å²) in [5.74, 6) is -0.185. The van der Waals surface area contributed by atoms with Gasteiger partial charge in [-0.05, 0) is 61.9 Å². The van der Waals surface area contributed by atoms with Gasteiger partial charge in [0.2, 0.25) is 5.95 Å². The maximum Gasteiger partial charge on any atom is 0.433 e. The number of amides is 1. The van der Waals surface area contributed by atoms with Gasteiger partial charge in [0, 0.05) is 36.5 Å². The molecule has 0 spiro atoms. The molecule has 1 aliphatic rings. The lowest BCUT2D eigenvalue weighted by atomic mass is 9.82. The van der Waals surface area contributed by atoms with Crippen molar-refractivity contribution in [1.82, 2.24) is 30.2 Å². The number of H-pyrrole nitrogens is 1. The second-order valence-corrected chi connectivity index (χ2v) is 10.3. The number of alkyl halides is 3. The minimum absolute atomic E-state index is 0.0734. The Morgan fingerprint density at radius 3 is 2.66 bits per heavy atom. The molecule has 0 aliphatic heterocycles. The van der Waals surface area contributed by atoms with Crippen molar-refractivity contribution in [3.8, 4) is 10.4 Å². The zero-order valence-electron chi connectivity index (χ0n) is 20.2. The minimum atomic E-state index is -4.57. The molecule has 4 N–H and O–H groups in total. The van der Waals surface area contributed by atoms with E-state index >= 15 is 0 Å². The molecule has 0 bridgehead atoms. The molecule has 1 aromatic carbocycles. The fraction of sp³-hybridized carbons (Fsp3) is 0.320. The Hall–Kier alpha value is -3.84. The molecule has 0 atom stereocenters. The van der Waals surface area contributed by atoms with Crippen LogP contribution in [0.4, 0.5) is 24.8 Å². The summed E-state index contributed by atoms with van der Waals surface area (Å²) in [6.45, 7) is 1.87. The van der Waals surface area contributed by atoms with Gasteiger partial charge < -0.3 is 20.7 Å². The van der Waals surface area contributed by atoms with Crippen LogP contribution in [0.3, 0.4) is 0 Å². The molecule has 3 aromatic heterocycles. The molecule has 5 rings (SSSR count). The zero-order valence-corrected chi connectivity index (χ0v) is 21.0. The average Bonchev–Trinajstić information content (AvgIpc) is 3.58. The second kappa shape index (κ2) is 10.1. The third-order valence-corrected chi connectivity index (χ3v) is 7.57. The Morgan fingerprint density at radius 2 is 1.95 bits per heavy atom. The van der Waals surface area contributed by atoms with Crippen LogP contribution in [0.15, 0.2) is 49.1 Å². The van der Waals surface area contributed by atoms with E-state index in [1.807, 2.05) is 13.0 Å². The number of aromatic amines is 1. The van der Waals surface area contributed by atoms with Crippen molar-refractivity contribution in [3.63, 3.8) is 0 Å². The first-order valence-electron chi connectivity index (χ1n) is 11.9. The molecule has 1 aliphatic carbocycles. The van der Waals surface area contributed by atoms with Gasteiger partial charge in [-0.25, -0.2) is 19.9 Å². The van der Waals surface area contributed by atoms with Gasteiger partial charge in [0.25, 0.3) is 5.91 Å². The number of imidazole rings is 1. The van der Waals surface area contributed by atoms with Crippen LogP contribution in [0.1, 0.15) is 52.6 Å². The van der Waals surface area contributed by atoms with E-state index in [-0.39, 0.29) is 23.7 Å². The lowest BCUT2D eigenvalue weighted by molar-refractivity contribution is -0.141. The van der Waals surface area contributed by atoms with Crippen LogP contribution in [0.2, 0.25) is 0 Å². The molecule has 0 saturated heterocycles. The van der Waals surface area contributed by atoms with Crippen molar-refractivity contribution in [1.29, 1.82) is 0 Å². The number of nitrogens with one attached hydrogen (secondary N) is 3. The topological polar surface area (TPSA) is 129 Å². The van der Waals surface area contributed by atoms with E-state index in [0.29, 0.717) is 36.4 Å². The van der Waals surface area contributed by atoms with Crippen molar-refractivity contribution >= 4 is 28.9 Å². The van der Waals surface area contributed by atoms with Crippen LogP contribution in [-0.2, 0) is 11.8 Å². The maximum atomic E-state index is 13.0. The molecule has 0 unspecified atom stereocenters. The number of anilines is 2. The number of aliphatic hydroxyl groups is 1. The highest BCUT2D eigenvalue weighted by Crippen LogP contribution is 2.41. The molecule has 9 nitrogen and oxygen atoms in total. The summed E-state index contributed by atoms with van der Waals surface area (Å²) in [5.41, 5.74) is 0.0648. The number of carbonyl (C=O) groups excluding carboxylic acids is 1. The Balaban J connectivity index is 1.28. The van der Waals surface area contributed by atoms with Crippen molar-refractivity contribution in [3.05, 3.63) is 71.1 Å². The number of thiazole rings is 1. The van der Waals surface area contributed by atoms with E-state index in [2.05, 4.69) is 35.6 Å². The second-order valence-electron chi connectivity index (χ2n) is 9.22. The van der Waals surface area contributed by atoms with Crippen molar-refractivity contribution in [2.24, 2.45) is 0 Å². The number of halogens is 3. The lowest BCUT2D eigenvalue weighted by Gasteiger charge is -2.34. The van der Waals surface area contributed by atoms with Crippen LogP contribution in [-0.4, -0.2) is 42.0 Å². The number of carbonyl (C=O) groups is 1. The fourth-order valence-corrected chi connectivity index (χ4v) is 5.47. The predicted molar refractivity (Wildman–Crippen MR) is 135 cm³/mol. The average molecular weight is 544 g/mol. The van der Waals surface area contributed by atoms with Gasteiger partial charge in [0.1, 0.15) is 16.3 Å². The van der Waals surface area contributed by atoms with Crippen molar-refractivity contribution < 1.29 is 23.1 Å². The molecule has 4 aromatic rings. The standard InChI is InChI=1S/C25H24F3N7O2S/c1-14-10-15(12-17(11-14)34-23-31-7-4-19(35-23)25(26,27)28)18-13-32-22(38-18)24(37)5-2-16(3-6-24)33-21(36)20-29-8-9-30-20/h4,7-13,16,37H,2-3,5-6H2,1H3,(H,29,30)(H,33,36)(H,31,34,35)/t16-,24+. The molecule has 198 valence electrons. The van der Waals surface area contributed by atoms with Crippen molar-refractivity contribution in [2.75, 3.05) is 5.32 Å². The van der Waals surface area contributed by atoms with Crippen LogP contribution < -0.4 is 10.6 Å². The number of aryl methyl sites for hydroxylation is 1. The largest absolute Gasteiger partial charge is 0.433 e. The molecule has 1 amide bonds. The number of rotatable bonds is 6. The van der Waals surface area contributed by atoms with Gasteiger partial charge in [0.05, 0.1) is 4.88 Å². The summed E-state index contributed by atoms with van der Waals surface area (Å²) < 4.78 is 39.0. The van der Waals surface area contributed by atoms with Crippen molar-refractivity contribution in [2.45, 2.75) is 50.4 Å². The molecular weight excluding hydrogens is 519 g/mol. The molecule has 38 heavy (non-hydrogen) atoms. The molecule has 1 fully saturated rings. The first-order valence-corrected chi connectivity index (χ1v) is 12.7. The number of hydrogen-bond acceptors (Lipinski definition) is 8. The minimum Gasteiger partial charge on any atom is -0.383 e. The van der Waals surface area contributed by atoms with E-state index in [0.717, 1.165) is 28.3 Å². The number of hydrogen-bond donors (Lipinski definition) is 4. The number of aromatic nitrogens is 5. The molecule has 3 heterocycles. The van der Waals surface area contributed by atoms with Gasteiger partial charge >= 0.3 is 6.18 Å². The summed E-state index contributed by atoms with van der Waals surface area (Å²) >= 11 is 1.36. The SMILES string of the molecule is Cc1cc(Nc2nccc(C(F)(F)F)n2)cc(-c2cnc([C@]3(O)CC[C@@H](NC(=O)c4ncc[nH]4)CC3)s2)c1. The molecule has 0 radical (unpaired) electrons. The van der Waals surface area contributed by atoms with E-state index in [9.17, 15) is 23.1 Å². The van der Waals surface area contributed by atoms with E-state index in [1.165, 1.54) is 17.5 Å². The summed E-state index contributed by atoms with van der Waals surface area (Å²) in [6.07, 6.45) is 3.33. The Bertz CT molecular complexity index is 1430. The first-order chi connectivity index (χ1) is 18.1. The number of benzene rings is 1. The molecule has 13 heteroatoms. The van der Waals surface area contributed by atoms with Gasteiger partial charge in [-0.1, -0.05) is 6.07 Å². The Morgan fingerprint density at radius 1 is 1.16 bits per heavy atom. The van der Waals surface area contributed by atoms with E-state index in [4.69, 9.17) is 0 Å². The quantitative estimate of drug-likeness (QED) is 0.271. The Kier molecular flexibility index (Phi) is 6.88. The third kappa shape index (κ3) is 5.68. The summed E-state index contributed by atoms with van der Waals surface area (Å²) in [4.78, 5) is 31.7. The highest BCUT2D eigenvalue weighted by molar-refractivity contribution is 7.15. The molecular formula is C25H24F3N7O2S. The smallest absolute Gasteiger partial charge is 0.383 e. The first kappa shape index (κ1) is 25.8. The third-order valence-electron chi connectivity index (χ3n) is 6.33. The van der Waals surface area contributed by atoms with Gasteiger partial charge in [-0.2, -0.15) is 13.2 Å². The zero-order chi connectivity index (χ0) is 26.9. The molecule has 1 saturated carbocycles. The van der Waals surface area contributed by atoms with Gasteiger partial charge in [-0.3, -0.25) is 4.79 Å². The van der Waals surface area contributed by atoms with Crippen LogP contribution >= 0.6 is 11.3 Å². The monoisotopic (exact) mass is 543 g/mol. The van der Waals surface area contributed by atoms with E-state index in [1.54, 1.807) is 24.5 Å². The number of nitrogens with zero attached hydrogens (tertiary/aromatic N) is 4. The van der Waals surface area contributed by atoms with Crippen LogP contribution in [0.5, 0.6) is 0 Å². The van der Waals surface area contributed by atoms with Gasteiger partial charge in [0.15, 0.2) is 5.82 Å². The summed E-state index contributed by atoms with van der Waals surface area (Å²) in [6, 6.07) is 6.23. The fourth-order valence-electron chi connectivity index (χ4n) is 4.42. The lowest BCUT2D eigenvalue weighted by Crippen LogP contribution is -2.42. The summed E-state index contributed by atoms with van der Waals surface area (Å²) in [5, 5.41) is 17.7.